The lowest BCUT2D eigenvalue weighted by molar-refractivity contribution is -0.149. The van der Waals surface area contributed by atoms with Crippen molar-refractivity contribution in [2.75, 3.05) is 64.9 Å². The van der Waals surface area contributed by atoms with E-state index in [4.69, 9.17) is 16.9 Å². The molecule has 46 nitrogen and oxygen atoms in total. The molecule has 0 saturated carbocycles. The summed E-state index contributed by atoms with van der Waals surface area (Å²) < 4.78 is 0. The van der Waals surface area contributed by atoms with Crippen LogP contribution < -0.4 is 70.0 Å². The highest BCUT2D eigenvalue weighted by molar-refractivity contribution is 8.00. The number of guanidine groups is 1. The number of imidazole rings is 1. The fourth-order valence-electron chi connectivity index (χ4n) is 17.5. The van der Waals surface area contributed by atoms with Gasteiger partial charge in [-0.15, -0.1) is 11.8 Å². The minimum absolute atomic E-state index is 0.0192. The average molecular weight is 1940 g/mol. The Bertz CT molecular complexity index is 5390. The number of hydrogen-bond acceptors (Lipinski definition) is 24. The summed E-state index contributed by atoms with van der Waals surface area (Å²) in [6, 6.07) is -3.63. The number of aliphatic hydroxyl groups excluding tert-OH is 2. The van der Waals surface area contributed by atoms with Gasteiger partial charge in [-0.1, -0.05) is 81.6 Å². The Labute approximate surface area is 797 Å². The van der Waals surface area contributed by atoms with Gasteiger partial charge in [0.05, 0.1) is 37.8 Å². The lowest BCUT2D eigenvalue weighted by Gasteiger charge is -2.38. The molecule has 0 aliphatic carbocycles. The number of benzene rings is 3. The molecule has 4 saturated heterocycles. The van der Waals surface area contributed by atoms with Crippen LogP contribution in [0.25, 0.3) is 21.8 Å². The number of fused-ring (bicyclic) bond motifs is 5. The molecule has 4 aliphatic rings. The molecule has 3 aromatic carbocycles. The number of carboxylic acid groups (broad SMARTS) is 2. The molecule has 746 valence electrons. The van der Waals surface area contributed by atoms with Crippen molar-refractivity contribution in [1.82, 2.24) is 103 Å². The van der Waals surface area contributed by atoms with E-state index in [0.29, 0.717) is 64.2 Å². The number of phenols is 1. The van der Waals surface area contributed by atoms with Gasteiger partial charge < -0.3 is 135 Å². The summed E-state index contributed by atoms with van der Waals surface area (Å²) in [5.74, 6) is -20.7. The third kappa shape index (κ3) is 28.9. The van der Waals surface area contributed by atoms with Gasteiger partial charge in [0.1, 0.15) is 90.3 Å². The monoisotopic (exact) mass is 1940 g/mol. The molecule has 4 fully saturated rings. The Morgan fingerprint density at radius 2 is 1.07 bits per heavy atom. The van der Waals surface area contributed by atoms with Gasteiger partial charge in [-0.2, -0.15) is 0 Å². The number of hydrogen-bond donors (Lipinski definition) is 22. The van der Waals surface area contributed by atoms with E-state index < -0.39 is 266 Å². The van der Waals surface area contributed by atoms with Gasteiger partial charge in [0.25, 0.3) is 0 Å². The highest BCUT2D eigenvalue weighted by Crippen LogP contribution is 2.29. The number of aromatic hydroxyl groups is 1. The second kappa shape index (κ2) is 50.5. The van der Waals surface area contributed by atoms with Crippen molar-refractivity contribution in [3.05, 3.63) is 120 Å². The van der Waals surface area contributed by atoms with Crippen LogP contribution in [0.15, 0.2) is 97.7 Å². The molecule has 6 aromatic rings. The second-order valence-corrected chi connectivity index (χ2v) is 35.8. The van der Waals surface area contributed by atoms with E-state index in [-0.39, 0.29) is 102 Å². The number of phenolic OH excluding ortho intramolecular Hbond substituents is 1. The maximum atomic E-state index is 15.7. The van der Waals surface area contributed by atoms with Gasteiger partial charge in [0, 0.05) is 131 Å². The fourth-order valence-corrected chi connectivity index (χ4v) is 18.4. The third-order valence-corrected chi connectivity index (χ3v) is 25.8. The molecule has 0 unspecified atom stereocenters. The number of aliphatic carboxylic acids is 2. The van der Waals surface area contributed by atoms with E-state index in [0.717, 1.165) is 36.3 Å². The summed E-state index contributed by atoms with van der Waals surface area (Å²) in [7, 11) is 2.63. The van der Waals surface area contributed by atoms with Crippen molar-refractivity contribution < 1.29 is 112 Å². The summed E-state index contributed by atoms with van der Waals surface area (Å²) in [4.78, 5) is 282. The first-order valence-corrected chi connectivity index (χ1v) is 47.1. The standard InChI is InChI=1S/C91H123N23O23S/c1-5-7-22-71-90(137)110(3)68(16-6-2)82(129)102-59(21-14-31-96-91(93)94)78(125)109-67(77(124)99-43-73(92)118)46-138-47-74(119)101-63(34-49-25-27-53(116)28-26-49)88(135)112-32-13-12-23-69(112)84(131)107-65(39-76(122)123)89(136)113-33-15-24-70(113)83(130)105-62(37-52-42-95-48-100-52)80(127)103-60(29-30-75(120)121)87(134)114-44-54(117)38-72(114)85(132)104-61(35-50-40-97-57-19-10-8-17-55(50)57)79(126)108-66(45-115)81(128)106-64(86(133)111(71)4)36-51-41-98-58-20-11-9-18-56(51)58/h8-11,17-20,25-28,40-42,48,54,59-72,97-98,115-117H,5-7,12-16,21-24,29-39,43-47H2,1-4H3,(H2,92,118)(H,95,100)(H,99,124)(H,101,119)(H,102,129)(H,103,127)(H,104,132)(H,105,130)(H,106,128)(H,107,131)(H,108,126)(H,109,125)(H,120,121)(H,122,123)(H4,93,94,96)/t54-,59+,60+,61+,62+,63+,64+,65+,66+,67+,68+,69+,70+,71+,72+/m1/s1. The van der Waals surface area contributed by atoms with Crippen LogP contribution in [0, 0.1) is 5.41 Å². The molecule has 24 N–H and O–H groups in total. The number of nitrogens with two attached hydrogens (primary N) is 2. The summed E-state index contributed by atoms with van der Waals surface area (Å²) in [5.41, 5.74) is 13.8. The number of rotatable bonds is 26. The molecular weight excluding hydrogens is 1820 g/mol. The lowest BCUT2D eigenvalue weighted by atomic mass is 9.97. The number of amides is 16. The first-order valence-electron chi connectivity index (χ1n) is 45.9. The largest absolute Gasteiger partial charge is 0.508 e. The number of aromatic amines is 3. The first-order chi connectivity index (χ1) is 65.9. The van der Waals surface area contributed by atoms with Crippen molar-refractivity contribution in [2.45, 2.75) is 233 Å². The van der Waals surface area contributed by atoms with Crippen LogP contribution in [-0.2, 0) is 112 Å². The van der Waals surface area contributed by atoms with E-state index >= 15 is 47.9 Å². The molecular formula is C91H123N23O23S. The van der Waals surface area contributed by atoms with Crippen LogP contribution in [0.5, 0.6) is 5.75 Å². The molecule has 0 bridgehead atoms. The number of piperidine rings is 1. The third-order valence-electron chi connectivity index (χ3n) is 24.7. The topological polar surface area (TPSA) is 693 Å². The van der Waals surface area contributed by atoms with Crippen LogP contribution in [0.3, 0.4) is 0 Å². The Kier molecular flexibility index (Phi) is 38.7. The number of carboxylic acids is 2. The minimum atomic E-state index is -1.95. The van der Waals surface area contributed by atoms with E-state index in [1.807, 2.05) is 6.92 Å². The molecule has 4 aliphatic heterocycles. The number of primary amides is 1. The predicted octanol–water partition coefficient (Wildman–Crippen LogP) is -3.37. The molecule has 16 amide bonds. The minimum Gasteiger partial charge on any atom is -0.508 e. The van der Waals surface area contributed by atoms with Gasteiger partial charge in [-0.05, 0) is 105 Å². The van der Waals surface area contributed by atoms with Crippen LogP contribution >= 0.6 is 11.8 Å². The second-order valence-electron chi connectivity index (χ2n) is 34.8. The normalized spacial score (nSPS) is 24.9. The van der Waals surface area contributed by atoms with E-state index in [1.54, 1.807) is 67.8 Å². The summed E-state index contributed by atoms with van der Waals surface area (Å²) in [6.45, 7) is 0.676. The Balaban J connectivity index is 1.03. The van der Waals surface area contributed by atoms with Crippen molar-refractivity contribution in [3.8, 4) is 5.75 Å². The Morgan fingerprint density at radius 3 is 1.67 bits per heavy atom. The maximum Gasteiger partial charge on any atom is 0.305 e. The quantitative estimate of drug-likeness (QED) is 0.0143. The zero-order chi connectivity index (χ0) is 100. The highest BCUT2D eigenvalue weighted by atomic mass is 32.2. The van der Waals surface area contributed by atoms with Crippen LogP contribution in [-0.4, -0.2) is 338 Å². The van der Waals surface area contributed by atoms with Gasteiger partial charge in [0.15, 0.2) is 5.96 Å². The number of carbonyl (C=O) groups is 18. The zero-order valence-electron chi connectivity index (χ0n) is 77.0. The number of nitrogens with one attached hydrogen (secondary N) is 15. The summed E-state index contributed by atoms with van der Waals surface area (Å²) >= 11 is 0.753. The van der Waals surface area contributed by atoms with E-state index in [1.165, 1.54) is 50.9 Å². The zero-order valence-corrected chi connectivity index (χ0v) is 77.8. The number of carbonyl (C=O) groups excluding carboxylic acids is 16. The van der Waals surface area contributed by atoms with Gasteiger partial charge in [0.2, 0.25) is 94.5 Å². The SMILES string of the molecule is CCCC[C@H]1C(=O)N(C)[C@@H](CCC)C(=O)N[C@@H](CCCNC(=N)N)C(=O)N[C@H](C(=O)NCC(N)=O)CSCC(=O)N[C@@H](Cc2ccc(O)cc2)C(=O)N2CCCC[C@H]2C(=O)N[C@@H](CC(=O)O)C(=O)N2CCC[C@H]2C(=O)N[C@@H](Cc2cnc[nH]2)C(=O)N[C@@H](CCC(=O)O)C(=O)N2C[C@H](O)C[C@H]2C(=O)N[C@@H](Cc2c[nH]c3ccccc23)C(=O)N[C@@H](CO)C(=O)N[C@@H](Cc2c[nH]c3ccccc23)C(=O)N1C. The number of aromatic nitrogens is 4. The van der Waals surface area contributed by atoms with Crippen molar-refractivity contribution in [2.24, 2.45) is 11.5 Å². The number of H-pyrrole nitrogens is 3. The Morgan fingerprint density at radius 1 is 0.522 bits per heavy atom. The van der Waals surface area contributed by atoms with Crippen molar-refractivity contribution in [3.63, 3.8) is 0 Å². The number of aliphatic hydroxyl groups is 2. The smallest absolute Gasteiger partial charge is 0.305 e. The van der Waals surface area contributed by atoms with Gasteiger partial charge >= 0.3 is 11.9 Å². The number of likely N-dealkylation sites (N-methyl/N-ethyl adjacent to an activating group) is 2. The number of unbranched alkanes of at least 4 members (excludes halogenated alkanes) is 1. The molecule has 10 rings (SSSR count). The molecule has 138 heavy (non-hydrogen) atoms. The first kappa shape index (κ1) is 106. The van der Waals surface area contributed by atoms with Crippen LogP contribution in [0.1, 0.15) is 139 Å². The molecule has 15 atom stereocenters. The summed E-state index contributed by atoms with van der Waals surface area (Å²) in [6.07, 6.45) is 1.04. The average Bonchev–Trinajstić information content (AvgIpc) is 1.08. The highest BCUT2D eigenvalue weighted by Gasteiger charge is 2.48. The number of nitrogens with zero attached hydrogens (tertiary/aromatic N) is 6. The molecule has 3 aromatic heterocycles. The molecule has 47 heteroatoms. The van der Waals surface area contributed by atoms with Crippen molar-refractivity contribution in [1.29, 1.82) is 5.41 Å². The fraction of sp³-hybridized carbons (Fsp3) is 0.516. The van der Waals surface area contributed by atoms with E-state index in [2.05, 4.69) is 78.4 Å². The van der Waals surface area contributed by atoms with E-state index in [9.17, 15) is 63.9 Å². The lowest BCUT2D eigenvalue weighted by Crippen LogP contribution is -2.62. The van der Waals surface area contributed by atoms with Gasteiger partial charge in [-0.25, -0.2) is 4.98 Å². The number of para-hydroxylation sites is 2. The van der Waals surface area contributed by atoms with Gasteiger partial charge in [-0.3, -0.25) is 91.7 Å². The maximum absolute atomic E-state index is 15.7. The van der Waals surface area contributed by atoms with Crippen LogP contribution in [0.4, 0.5) is 0 Å². The Hall–Kier alpha value is -14.3. The molecule has 0 radical (unpaired) electrons. The number of thioether (sulfide) groups is 1. The molecule has 0 spiro atoms. The summed E-state index contributed by atoms with van der Waals surface area (Å²) in [5, 5.41) is 91.0. The predicted molar refractivity (Wildman–Crippen MR) is 498 cm³/mol. The van der Waals surface area contributed by atoms with Crippen LogP contribution in [0.2, 0.25) is 0 Å². The molecule has 7 heterocycles. The van der Waals surface area contributed by atoms with Crippen molar-refractivity contribution >= 4 is 146 Å².